The van der Waals surface area contributed by atoms with E-state index in [1.165, 1.54) is 79.8 Å². The van der Waals surface area contributed by atoms with Gasteiger partial charge in [-0.05, 0) is 59.2 Å². The Hall–Kier alpha value is -6.05. The first-order valence-corrected chi connectivity index (χ1v) is 14.1. The zero-order chi connectivity index (χ0) is 35.2. The fraction of sp³-hybridized carbons (Fsp3) is 0.176. The summed E-state index contributed by atoms with van der Waals surface area (Å²) < 4.78 is 44.3. The van der Waals surface area contributed by atoms with Crippen molar-refractivity contribution in [1.29, 1.82) is 0 Å². The number of carbonyl (C=O) groups is 5. The minimum absolute atomic E-state index is 0.0236. The molecule has 4 aromatic rings. The molecule has 2 amide bonds. The summed E-state index contributed by atoms with van der Waals surface area (Å²) in [6, 6.07) is 18.7. The van der Waals surface area contributed by atoms with Crippen LogP contribution in [0.3, 0.4) is 0 Å². The number of hydrogen-bond acceptors (Lipinski definition) is 7. The molecule has 1 aromatic heterocycles. The van der Waals surface area contributed by atoms with Gasteiger partial charge in [-0.3, -0.25) is 29.0 Å². The normalized spacial score (nSPS) is 11.4. The number of nitrogens with zero attached hydrogens (tertiary/aromatic N) is 2. The van der Waals surface area contributed by atoms with Gasteiger partial charge in [0.05, 0.1) is 28.9 Å². The summed E-state index contributed by atoms with van der Waals surface area (Å²) in [5.74, 6) is -5.80. The number of esters is 1. The van der Waals surface area contributed by atoms with Crippen molar-refractivity contribution in [2.24, 2.45) is 0 Å². The summed E-state index contributed by atoms with van der Waals surface area (Å²) in [6.07, 6.45) is -3.82. The number of amides is 2. The van der Waals surface area contributed by atoms with E-state index in [0.29, 0.717) is 11.1 Å². The number of aromatic nitrogens is 1. The molecule has 248 valence electrons. The lowest BCUT2D eigenvalue weighted by Gasteiger charge is -2.23. The number of rotatable bonds is 11. The van der Waals surface area contributed by atoms with Crippen LogP contribution < -0.4 is 5.32 Å². The van der Waals surface area contributed by atoms with Crippen molar-refractivity contribution < 1.29 is 52.1 Å². The molecule has 1 heterocycles. The van der Waals surface area contributed by atoms with Crippen LogP contribution in [0.5, 0.6) is 0 Å². The van der Waals surface area contributed by atoms with Gasteiger partial charge in [0.2, 0.25) is 5.41 Å². The molecule has 0 bridgehead atoms. The first-order chi connectivity index (χ1) is 22.6. The summed E-state index contributed by atoms with van der Waals surface area (Å²) in [4.78, 5) is 68.5. The smallest absolute Gasteiger partial charge is 0.416 e. The van der Waals surface area contributed by atoms with Gasteiger partial charge in [0, 0.05) is 25.9 Å². The van der Waals surface area contributed by atoms with Gasteiger partial charge in [0.15, 0.2) is 0 Å². The predicted molar refractivity (Wildman–Crippen MR) is 165 cm³/mol. The van der Waals surface area contributed by atoms with Gasteiger partial charge in [0.25, 0.3) is 11.8 Å². The Kier molecular flexibility index (Phi) is 10.3. The molecular weight excluding hydrogens is 635 g/mol. The molecule has 3 aromatic carbocycles. The number of carboxylic acids is 2. The van der Waals surface area contributed by atoms with E-state index in [1.807, 2.05) is 0 Å². The monoisotopic (exact) mass is 663 g/mol. The lowest BCUT2D eigenvalue weighted by molar-refractivity contribution is -0.164. The third kappa shape index (κ3) is 7.49. The summed E-state index contributed by atoms with van der Waals surface area (Å²) in [7, 11) is 2.92. The Bertz CT molecular complexity index is 1850. The second-order valence-corrected chi connectivity index (χ2v) is 10.7. The highest BCUT2D eigenvalue weighted by Crippen LogP contribution is 2.32. The largest absolute Gasteiger partial charge is 0.480 e. The van der Waals surface area contributed by atoms with E-state index in [2.05, 4.69) is 10.3 Å². The maximum atomic E-state index is 13.5. The van der Waals surface area contributed by atoms with Crippen LogP contribution in [0, 0.1) is 0 Å². The molecule has 11 nitrogen and oxygen atoms in total. The van der Waals surface area contributed by atoms with Crippen LogP contribution in [0.15, 0.2) is 91.1 Å². The van der Waals surface area contributed by atoms with Crippen LogP contribution in [0.2, 0.25) is 0 Å². The molecule has 0 aliphatic heterocycles. The zero-order valence-electron chi connectivity index (χ0n) is 25.4. The van der Waals surface area contributed by atoms with Crippen LogP contribution in [-0.2, 0) is 37.1 Å². The number of nitrogens with one attached hydrogen (secondary N) is 1. The van der Waals surface area contributed by atoms with Gasteiger partial charge < -0.3 is 25.2 Å². The lowest BCUT2D eigenvalue weighted by Crippen LogP contribution is -2.49. The van der Waals surface area contributed by atoms with E-state index < -0.39 is 59.9 Å². The highest BCUT2D eigenvalue weighted by molar-refractivity contribution is 6.12. The number of carboxylic acid groups (broad SMARTS) is 2. The molecule has 3 N–H and O–H groups in total. The molecule has 0 unspecified atom stereocenters. The van der Waals surface area contributed by atoms with Crippen LogP contribution in [-0.4, -0.2) is 70.5 Å². The van der Waals surface area contributed by atoms with Crippen molar-refractivity contribution in [1.82, 2.24) is 9.88 Å². The van der Waals surface area contributed by atoms with E-state index in [-0.39, 0.29) is 28.1 Å². The molecular formula is C34H28F3N3O8. The van der Waals surface area contributed by atoms with E-state index >= 15 is 0 Å². The third-order valence-electron chi connectivity index (χ3n) is 7.29. The fourth-order valence-corrected chi connectivity index (χ4v) is 4.72. The predicted octanol–water partition coefficient (Wildman–Crippen LogP) is 4.91. The molecule has 0 aliphatic rings. The van der Waals surface area contributed by atoms with Gasteiger partial charge in [0.1, 0.15) is 6.61 Å². The number of alkyl halides is 3. The third-order valence-corrected chi connectivity index (χ3v) is 7.29. The number of benzene rings is 3. The van der Waals surface area contributed by atoms with E-state index in [1.54, 1.807) is 18.2 Å². The van der Waals surface area contributed by atoms with E-state index in [0.717, 1.165) is 12.1 Å². The molecule has 0 atom stereocenters. The van der Waals surface area contributed by atoms with Crippen molar-refractivity contribution >= 4 is 35.4 Å². The lowest BCUT2D eigenvalue weighted by atomic mass is 9.85. The number of pyridine rings is 1. The molecule has 0 saturated carbocycles. The summed E-state index contributed by atoms with van der Waals surface area (Å²) in [5, 5.41) is 22.2. The van der Waals surface area contributed by atoms with Crippen molar-refractivity contribution in [3.8, 4) is 11.1 Å². The van der Waals surface area contributed by atoms with Gasteiger partial charge in [-0.1, -0.05) is 42.5 Å². The van der Waals surface area contributed by atoms with Crippen LogP contribution in [0.1, 0.15) is 37.5 Å². The molecule has 48 heavy (non-hydrogen) atoms. The van der Waals surface area contributed by atoms with Gasteiger partial charge in [-0.2, -0.15) is 13.2 Å². The highest BCUT2D eigenvalue weighted by Gasteiger charge is 2.51. The maximum Gasteiger partial charge on any atom is 0.416 e. The highest BCUT2D eigenvalue weighted by atomic mass is 19.4. The van der Waals surface area contributed by atoms with Crippen molar-refractivity contribution in [2.75, 3.05) is 26.0 Å². The molecule has 0 aliphatic carbocycles. The number of aliphatic carboxylic acids is 2. The average molecular weight is 664 g/mol. The number of ether oxygens (including phenoxy) is 1. The molecule has 14 heteroatoms. The minimum atomic E-state index is -4.53. The van der Waals surface area contributed by atoms with E-state index in [4.69, 9.17) is 4.74 Å². The van der Waals surface area contributed by atoms with Crippen molar-refractivity contribution in [2.45, 2.75) is 18.0 Å². The number of anilines is 1. The molecule has 0 saturated heterocycles. The summed E-state index contributed by atoms with van der Waals surface area (Å²) in [6.45, 7) is -1.07. The Balaban J connectivity index is 1.58. The van der Waals surface area contributed by atoms with Gasteiger partial charge in [-0.25, -0.2) is 0 Å². The number of halogens is 3. The quantitative estimate of drug-likeness (QED) is 0.149. The number of hydrogen-bond donors (Lipinski definition) is 3. The van der Waals surface area contributed by atoms with Crippen LogP contribution in [0.4, 0.5) is 18.9 Å². The average Bonchev–Trinajstić information content (AvgIpc) is 3.05. The van der Waals surface area contributed by atoms with E-state index in [9.17, 15) is 47.4 Å². The molecule has 0 spiro atoms. The Labute approximate surface area is 271 Å². The molecule has 0 fully saturated rings. The SMILES string of the molecule is CN(C)C(=O)c1cc(CC(=O)OCC(C(=O)O)(C(=O)O)c2ccccn2)ccc1NC(=O)c1ccccc1-c1ccc(C(F)(F)F)cc1. The second kappa shape index (κ2) is 14.2. The minimum Gasteiger partial charge on any atom is -0.480 e. The first kappa shape index (κ1) is 34.8. The Morgan fingerprint density at radius 2 is 1.48 bits per heavy atom. The maximum absolute atomic E-state index is 13.5. The Morgan fingerprint density at radius 3 is 2.06 bits per heavy atom. The summed E-state index contributed by atoms with van der Waals surface area (Å²) in [5.41, 5.74) is -2.80. The van der Waals surface area contributed by atoms with Crippen LogP contribution >= 0.6 is 0 Å². The van der Waals surface area contributed by atoms with Crippen LogP contribution in [0.25, 0.3) is 11.1 Å². The standard InChI is InChI=1S/C34H28F3N3O8/c1-40(2)30(43)25-17-20(18-28(41)48-19-33(31(44)45,32(46)47)27-9-5-6-16-38-27)10-15-26(25)39-29(42)24-8-4-3-7-23(24)21-11-13-22(14-12-21)34(35,36)37/h3-17H,18-19H2,1-2H3,(H,39,42)(H,44,45)(H,46,47). The van der Waals surface area contributed by atoms with Crippen molar-refractivity contribution in [3.05, 3.63) is 119 Å². The van der Waals surface area contributed by atoms with Crippen molar-refractivity contribution in [3.63, 3.8) is 0 Å². The molecule has 4 rings (SSSR count). The molecule has 0 radical (unpaired) electrons. The fourth-order valence-electron chi connectivity index (χ4n) is 4.72. The van der Waals surface area contributed by atoms with Gasteiger partial charge in [-0.15, -0.1) is 0 Å². The topological polar surface area (TPSA) is 163 Å². The number of carbonyl (C=O) groups excluding carboxylic acids is 3. The zero-order valence-corrected chi connectivity index (χ0v) is 25.4. The first-order valence-electron chi connectivity index (χ1n) is 14.1. The van der Waals surface area contributed by atoms with Gasteiger partial charge >= 0.3 is 24.1 Å². The Morgan fingerprint density at radius 1 is 0.833 bits per heavy atom. The summed E-state index contributed by atoms with van der Waals surface area (Å²) >= 11 is 0. The second-order valence-electron chi connectivity index (χ2n) is 10.7.